The molecule has 0 radical (unpaired) electrons. The van der Waals surface area contributed by atoms with Crippen molar-refractivity contribution in [1.29, 1.82) is 0 Å². The standard InChI is InChI=1S/C10H15N3O2/c1-14-9-4-10(13-7-12-9)15-6-8-2-3-11-5-8/h4,7-8,11H,2-3,5-6H2,1H3. The Bertz CT molecular complexity index is 313. The van der Waals surface area contributed by atoms with Gasteiger partial charge in [0.05, 0.1) is 19.8 Å². The van der Waals surface area contributed by atoms with Crippen LogP contribution in [0.5, 0.6) is 11.8 Å². The Morgan fingerprint density at radius 2 is 2.33 bits per heavy atom. The molecule has 1 aromatic rings. The first kappa shape index (κ1) is 10.2. The van der Waals surface area contributed by atoms with Crippen molar-refractivity contribution in [3.8, 4) is 11.8 Å². The molecule has 5 nitrogen and oxygen atoms in total. The molecule has 2 heterocycles. The van der Waals surface area contributed by atoms with Gasteiger partial charge in [-0.1, -0.05) is 0 Å². The highest BCUT2D eigenvalue weighted by molar-refractivity contribution is 5.17. The molecule has 1 N–H and O–H groups in total. The van der Waals surface area contributed by atoms with E-state index < -0.39 is 0 Å². The van der Waals surface area contributed by atoms with Crippen LogP contribution in [0.4, 0.5) is 0 Å². The topological polar surface area (TPSA) is 56.3 Å². The predicted molar refractivity (Wildman–Crippen MR) is 55.1 cm³/mol. The van der Waals surface area contributed by atoms with Crippen molar-refractivity contribution in [1.82, 2.24) is 15.3 Å². The lowest BCUT2D eigenvalue weighted by Gasteiger charge is -2.09. The molecule has 5 heteroatoms. The van der Waals surface area contributed by atoms with Crippen molar-refractivity contribution >= 4 is 0 Å². The molecule has 0 saturated carbocycles. The molecule has 1 aliphatic heterocycles. The van der Waals surface area contributed by atoms with E-state index in [0.717, 1.165) is 13.1 Å². The van der Waals surface area contributed by atoms with Gasteiger partial charge in [0.15, 0.2) is 0 Å². The average Bonchev–Trinajstić information content (AvgIpc) is 2.79. The Labute approximate surface area is 88.8 Å². The lowest BCUT2D eigenvalue weighted by atomic mass is 10.1. The Kier molecular flexibility index (Phi) is 3.34. The summed E-state index contributed by atoms with van der Waals surface area (Å²) in [7, 11) is 1.58. The van der Waals surface area contributed by atoms with Crippen LogP contribution < -0.4 is 14.8 Å². The summed E-state index contributed by atoms with van der Waals surface area (Å²) in [6, 6.07) is 1.70. The summed E-state index contributed by atoms with van der Waals surface area (Å²) in [5.41, 5.74) is 0. The van der Waals surface area contributed by atoms with Gasteiger partial charge in [0.2, 0.25) is 11.8 Å². The Morgan fingerprint density at radius 3 is 3.07 bits per heavy atom. The summed E-state index contributed by atoms with van der Waals surface area (Å²) in [4.78, 5) is 7.93. The summed E-state index contributed by atoms with van der Waals surface area (Å²) >= 11 is 0. The molecule has 0 amide bonds. The van der Waals surface area contributed by atoms with Gasteiger partial charge in [-0.2, -0.15) is 0 Å². The van der Waals surface area contributed by atoms with E-state index in [9.17, 15) is 0 Å². The number of ether oxygens (including phenoxy) is 2. The maximum Gasteiger partial charge on any atom is 0.220 e. The third-order valence-electron chi connectivity index (χ3n) is 2.46. The van der Waals surface area contributed by atoms with Gasteiger partial charge in [0.25, 0.3) is 0 Å². The molecular formula is C10H15N3O2. The number of hydrogen-bond donors (Lipinski definition) is 1. The van der Waals surface area contributed by atoms with Gasteiger partial charge in [-0.05, 0) is 13.0 Å². The number of methoxy groups -OCH3 is 1. The number of nitrogens with one attached hydrogen (secondary N) is 1. The van der Waals surface area contributed by atoms with E-state index in [2.05, 4.69) is 15.3 Å². The minimum Gasteiger partial charge on any atom is -0.481 e. The summed E-state index contributed by atoms with van der Waals surface area (Å²) in [6.45, 7) is 2.82. The largest absolute Gasteiger partial charge is 0.481 e. The molecule has 1 saturated heterocycles. The molecule has 1 unspecified atom stereocenters. The molecule has 1 aromatic heterocycles. The number of nitrogens with zero attached hydrogens (tertiary/aromatic N) is 2. The van der Waals surface area contributed by atoms with Crippen molar-refractivity contribution in [2.45, 2.75) is 6.42 Å². The van der Waals surface area contributed by atoms with Gasteiger partial charge in [0, 0.05) is 12.5 Å². The van der Waals surface area contributed by atoms with Crippen LogP contribution >= 0.6 is 0 Å². The highest BCUT2D eigenvalue weighted by Crippen LogP contribution is 2.15. The van der Waals surface area contributed by atoms with Gasteiger partial charge in [-0.25, -0.2) is 9.97 Å². The Balaban J connectivity index is 1.86. The number of rotatable bonds is 4. The first-order chi connectivity index (χ1) is 7.38. The van der Waals surface area contributed by atoms with E-state index in [0.29, 0.717) is 24.3 Å². The van der Waals surface area contributed by atoms with E-state index in [1.54, 1.807) is 13.2 Å². The van der Waals surface area contributed by atoms with Crippen LogP contribution in [0, 0.1) is 5.92 Å². The molecule has 15 heavy (non-hydrogen) atoms. The van der Waals surface area contributed by atoms with Gasteiger partial charge >= 0.3 is 0 Å². The van der Waals surface area contributed by atoms with Crippen LogP contribution in [0.25, 0.3) is 0 Å². The molecule has 2 rings (SSSR count). The minimum atomic E-state index is 0.532. The van der Waals surface area contributed by atoms with Crippen molar-refractivity contribution in [3.05, 3.63) is 12.4 Å². The van der Waals surface area contributed by atoms with E-state index in [4.69, 9.17) is 9.47 Å². The first-order valence-corrected chi connectivity index (χ1v) is 5.08. The lowest BCUT2D eigenvalue weighted by molar-refractivity contribution is 0.248. The zero-order chi connectivity index (χ0) is 10.5. The summed E-state index contributed by atoms with van der Waals surface area (Å²) < 4.78 is 10.5. The van der Waals surface area contributed by atoms with E-state index in [1.807, 2.05) is 0 Å². The Hall–Kier alpha value is -1.36. The second-order valence-electron chi connectivity index (χ2n) is 3.57. The van der Waals surface area contributed by atoms with Crippen LogP contribution in [0.2, 0.25) is 0 Å². The Morgan fingerprint density at radius 1 is 1.47 bits per heavy atom. The van der Waals surface area contributed by atoms with Crippen molar-refractivity contribution in [2.75, 3.05) is 26.8 Å². The van der Waals surface area contributed by atoms with Crippen LogP contribution in [0.15, 0.2) is 12.4 Å². The van der Waals surface area contributed by atoms with Crippen LogP contribution in [-0.2, 0) is 0 Å². The van der Waals surface area contributed by atoms with Crippen LogP contribution in [0.1, 0.15) is 6.42 Å². The molecule has 82 valence electrons. The van der Waals surface area contributed by atoms with E-state index in [-0.39, 0.29) is 0 Å². The highest BCUT2D eigenvalue weighted by Gasteiger charge is 2.15. The fraction of sp³-hybridized carbons (Fsp3) is 0.600. The molecule has 0 aliphatic carbocycles. The van der Waals surface area contributed by atoms with Gasteiger partial charge in [-0.3, -0.25) is 0 Å². The second kappa shape index (κ2) is 4.93. The van der Waals surface area contributed by atoms with E-state index in [1.165, 1.54) is 12.7 Å². The third kappa shape index (κ3) is 2.79. The number of hydrogen-bond acceptors (Lipinski definition) is 5. The predicted octanol–water partition coefficient (Wildman–Crippen LogP) is 0.473. The molecule has 1 fully saturated rings. The van der Waals surface area contributed by atoms with E-state index >= 15 is 0 Å². The monoisotopic (exact) mass is 209 g/mol. The molecule has 1 atom stereocenters. The normalized spacial score (nSPS) is 20.2. The molecule has 0 bridgehead atoms. The van der Waals surface area contributed by atoms with Crippen molar-refractivity contribution in [2.24, 2.45) is 5.92 Å². The van der Waals surface area contributed by atoms with Crippen LogP contribution in [0.3, 0.4) is 0 Å². The maximum absolute atomic E-state index is 5.56. The van der Waals surface area contributed by atoms with Gasteiger partial charge in [0.1, 0.15) is 6.33 Å². The lowest BCUT2D eigenvalue weighted by Crippen LogP contribution is -2.15. The fourth-order valence-electron chi connectivity index (χ4n) is 1.57. The van der Waals surface area contributed by atoms with Gasteiger partial charge < -0.3 is 14.8 Å². The highest BCUT2D eigenvalue weighted by atomic mass is 16.5. The second-order valence-corrected chi connectivity index (χ2v) is 3.57. The zero-order valence-electron chi connectivity index (χ0n) is 8.77. The summed E-state index contributed by atoms with van der Waals surface area (Å²) in [5, 5.41) is 3.29. The van der Waals surface area contributed by atoms with Crippen molar-refractivity contribution < 1.29 is 9.47 Å². The smallest absolute Gasteiger partial charge is 0.220 e. The average molecular weight is 209 g/mol. The third-order valence-corrected chi connectivity index (χ3v) is 2.46. The number of aromatic nitrogens is 2. The quantitative estimate of drug-likeness (QED) is 0.781. The minimum absolute atomic E-state index is 0.532. The van der Waals surface area contributed by atoms with Gasteiger partial charge in [-0.15, -0.1) is 0 Å². The first-order valence-electron chi connectivity index (χ1n) is 5.08. The molecule has 0 spiro atoms. The summed E-state index contributed by atoms with van der Waals surface area (Å²) in [5.74, 6) is 1.70. The molecular weight excluding hydrogens is 194 g/mol. The van der Waals surface area contributed by atoms with Crippen LogP contribution in [-0.4, -0.2) is 36.8 Å². The fourth-order valence-corrected chi connectivity index (χ4v) is 1.57. The maximum atomic E-state index is 5.56. The molecule has 1 aliphatic rings. The van der Waals surface area contributed by atoms with Crippen molar-refractivity contribution in [3.63, 3.8) is 0 Å². The zero-order valence-corrected chi connectivity index (χ0v) is 8.77. The summed E-state index contributed by atoms with van der Waals surface area (Å²) in [6.07, 6.45) is 2.61. The molecule has 0 aromatic carbocycles. The SMILES string of the molecule is COc1cc(OCC2CCNC2)ncn1.